The highest BCUT2D eigenvalue weighted by Crippen LogP contribution is 2.50. The van der Waals surface area contributed by atoms with E-state index in [2.05, 4.69) is 0 Å². The van der Waals surface area contributed by atoms with Crippen LogP contribution in [0.2, 0.25) is 5.02 Å². The minimum absolute atomic E-state index is 0.106. The third kappa shape index (κ3) is 1.92. The van der Waals surface area contributed by atoms with Crippen molar-refractivity contribution in [3.63, 3.8) is 0 Å². The molecule has 1 saturated heterocycles. The zero-order valence-corrected chi connectivity index (χ0v) is 10.1. The van der Waals surface area contributed by atoms with Gasteiger partial charge in [0.2, 0.25) is 0 Å². The van der Waals surface area contributed by atoms with Gasteiger partial charge >= 0.3 is 0 Å². The largest absolute Gasteiger partial charge is 0.357 e. The fourth-order valence-corrected chi connectivity index (χ4v) is 2.63. The van der Waals surface area contributed by atoms with Crippen LogP contribution in [0.4, 0.5) is 0 Å². The van der Waals surface area contributed by atoms with E-state index in [4.69, 9.17) is 16.3 Å². The summed E-state index contributed by atoms with van der Waals surface area (Å²) >= 11 is 5.80. The summed E-state index contributed by atoms with van der Waals surface area (Å²) < 4.78 is 5.49. The van der Waals surface area contributed by atoms with Crippen LogP contribution in [0.1, 0.15) is 24.8 Å². The van der Waals surface area contributed by atoms with Crippen molar-refractivity contribution in [1.82, 2.24) is 0 Å². The lowest BCUT2D eigenvalue weighted by molar-refractivity contribution is -0.119. The summed E-state index contributed by atoms with van der Waals surface area (Å²) in [5.41, 5.74) is 0.525. The van der Waals surface area contributed by atoms with E-state index in [0.29, 0.717) is 5.02 Å². The molecule has 17 heavy (non-hydrogen) atoms. The molecule has 0 unspecified atom stereocenters. The number of hydrogen-bond acceptors (Lipinski definition) is 2. The Morgan fingerprint density at radius 1 is 1.41 bits per heavy atom. The first-order valence-corrected chi connectivity index (χ1v) is 6.24. The van der Waals surface area contributed by atoms with Crippen LogP contribution in [0.5, 0.6) is 0 Å². The van der Waals surface area contributed by atoms with Crippen molar-refractivity contribution in [3.05, 3.63) is 40.9 Å². The topological polar surface area (TPSA) is 29.6 Å². The maximum absolute atomic E-state index is 12.0. The number of carbonyl (C=O) groups excluding carboxylic acids is 1. The molecule has 2 nitrogen and oxygen atoms in total. The highest BCUT2D eigenvalue weighted by atomic mass is 35.5. The van der Waals surface area contributed by atoms with E-state index >= 15 is 0 Å². The lowest BCUT2D eigenvalue weighted by Crippen LogP contribution is -2.21. The predicted octanol–water partition coefficient (Wildman–Crippen LogP) is 3.24. The van der Waals surface area contributed by atoms with Gasteiger partial charge in [0.1, 0.15) is 0 Å². The number of rotatable bonds is 3. The molecule has 0 radical (unpaired) electrons. The van der Waals surface area contributed by atoms with E-state index in [0.717, 1.165) is 24.8 Å². The van der Waals surface area contributed by atoms with Crippen molar-refractivity contribution in [2.24, 2.45) is 0 Å². The van der Waals surface area contributed by atoms with E-state index in [1.165, 1.54) is 0 Å². The molecule has 2 aliphatic rings. The molecule has 2 fully saturated rings. The number of hydrogen-bond donors (Lipinski definition) is 0. The van der Waals surface area contributed by atoms with Crippen LogP contribution in [-0.2, 0) is 9.53 Å². The van der Waals surface area contributed by atoms with Crippen molar-refractivity contribution in [2.75, 3.05) is 0 Å². The number of epoxide rings is 1. The molecule has 2 atom stereocenters. The van der Waals surface area contributed by atoms with Crippen LogP contribution in [-0.4, -0.2) is 17.5 Å². The van der Waals surface area contributed by atoms with Gasteiger partial charge < -0.3 is 4.74 Å². The van der Waals surface area contributed by atoms with Gasteiger partial charge in [-0.3, -0.25) is 4.79 Å². The van der Waals surface area contributed by atoms with Crippen molar-refractivity contribution in [1.29, 1.82) is 0 Å². The van der Waals surface area contributed by atoms with Gasteiger partial charge in [0, 0.05) is 5.02 Å². The summed E-state index contributed by atoms with van der Waals surface area (Å²) in [7, 11) is 0. The molecular weight excluding hydrogens is 236 g/mol. The van der Waals surface area contributed by atoms with Crippen molar-refractivity contribution >= 4 is 23.5 Å². The second-order valence-corrected chi connectivity index (χ2v) is 5.07. The molecule has 3 heteroatoms. The average Bonchev–Trinajstić information content (AvgIpc) is 2.91. The minimum atomic E-state index is -0.455. The summed E-state index contributed by atoms with van der Waals surface area (Å²) in [6, 6.07) is 7.42. The zero-order chi connectivity index (χ0) is 11.9. The first-order valence-electron chi connectivity index (χ1n) is 5.87. The molecule has 1 aliphatic heterocycles. The third-order valence-electron chi connectivity index (χ3n) is 3.54. The van der Waals surface area contributed by atoms with Gasteiger partial charge in [-0.15, -0.1) is 0 Å². The van der Waals surface area contributed by atoms with Crippen LogP contribution >= 0.6 is 11.6 Å². The second-order valence-electron chi connectivity index (χ2n) is 4.64. The number of fused-ring (bicyclic) bond motifs is 1. The van der Waals surface area contributed by atoms with E-state index in [1.807, 2.05) is 30.3 Å². The normalized spacial score (nSPS) is 30.5. The van der Waals surface area contributed by atoms with Crippen LogP contribution in [0, 0.1) is 0 Å². The minimum Gasteiger partial charge on any atom is -0.357 e. The van der Waals surface area contributed by atoms with E-state index in [9.17, 15) is 4.79 Å². The van der Waals surface area contributed by atoms with Crippen molar-refractivity contribution in [2.45, 2.75) is 31.0 Å². The lowest BCUT2D eigenvalue weighted by Gasteiger charge is -2.02. The van der Waals surface area contributed by atoms with Crippen LogP contribution in [0.25, 0.3) is 6.08 Å². The second kappa shape index (κ2) is 3.97. The molecule has 88 valence electrons. The van der Waals surface area contributed by atoms with E-state index in [-0.39, 0.29) is 11.9 Å². The third-order valence-corrected chi connectivity index (χ3v) is 3.80. The van der Waals surface area contributed by atoms with Crippen LogP contribution in [0.3, 0.4) is 0 Å². The standard InChI is InChI=1S/C14H13ClO2/c15-11-6-3-10(4-7-11)5-8-12(16)14-9-1-2-13(14)17-14/h3-8,13H,1-2,9H2/b8-5+/t13-,14+/m1/s1. The van der Waals surface area contributed by atoms with Crippen molar-refractivity contribution < 1.29 is 9.53 Å². The first-order chi connectivity index (χ1) is 8.21. The molecule has 3 rings (SSSR count). The van der Waals surface area contributed by atoms with E-state index in [1.54, 1.807) is 6.08 Å². The van der Waals surface area contributed by atoms with Gasteiger partial charge in [-0.2, -0.15) is 0 Å². The molecule has 0 spiro atoms. The Morgan fingerprint density at radius 2 is 2.18 bits per heavy atom. The summed E-state index contributed by atoms with van der Waals surface area (Å²) in [4.78, 5) is 12.0. The Labute approximate surface area is 105 Å². The average molecular weight is 249 g/mol. The van der Waals surface area contributed by atoms with Gasteiger partial charge in [0.05, 0.1) is 6.10 Å². The van der Waals surface area contributed by atoms with Gasteiger partial charge in [0.15, 0.2) is 11.4 Å². The van der Waals surface area contributed by atoms with Gasteiger partial charge in [-0.25, -0.2) is 0 Å². The fourth-order valence-electron chi connectivity index (χ4n) is 2.51. The Bertz CT molecular complexity index is 478. The zero-order valence-electron chi connectivity index (χ0n) is 9.36. The number of carbonyl (C=O) groups is 1. The fraction of sp³-hybridized carbons (Fsp3) is 0.357. The van der Waals surface area contributed by atoms with Gasteiger partial charge in [0.25, 0.3) is 0 Å². The molecule has 0 N–H and O–H groups in total. The first kappa shape index (κ1) is 11.0. The summed E-state index contributed by atoms with van der Waals surface area (Å²) in [6.45, 7) is 0. The van der Waals surface area contributed by atoms with E-state index < -0.39 is 5.60 Å². The van der Waals surface area contributed by atoms with Gasteiger partial charge in [-0.1, -0.05) is 29.8 Å². The summed E-state index contributed by atoms with van der Waals surface area (Å²) in [5, 5.41) is 0.702. The van der Waals surface area contributed by atoms with Crippen LogP contribution < -0.4 is 0 Å². The summed E-state index contributed by atoms with van der Waals surface area (Å²) in [5.74, 6) is 0.106. The molecule has 0 bridgehead atoms. The van der Waals surface area contributed by atoms with Crippen molar-refractivity contribution in [3.8, 4) is 0 Å². The molecule has 1 heterocycles. The Balaban J connectivity index is 1.71. The Morgan fingerprint density at radius 3 is 2.76 bits per heavy atom. The number of ketones is 1. The number of ether oxygens (including phenoxy) is 1. The number of halogens is 1. The van der Waals surface area contributed by atoms with Gasteiger partial charge in [-0.05, 0) is 43.0 Å². The molecule has 1 saturated carbocycles. The molecule has 1 aromatic rings. The predicted molar refractivity (Wildman–Crippen MR) is 66.9 cm³/mol. The van der Waals surface area contributed by atoms with Crippen LogP contribution in [0.15, 0.2) is 30.3 Å². The maximum Gasteiger partial charge on any atom is 0.190 e. The molecule has 1 aliphatic carbocycles. The SMILES string of the molecule is O=C(/C=C/c1ccc(Cl)cc1)[C@@]12CCC[C@H]1O2. The summed E-state index contributed by atoms with van der Waals surface area (Å²) in [6.07, 6.45) is 6.65. The monoisotopic (exact) mass is 248 g/mol. The highest BCUT2D eigenvalue weighted by molar-refractivity contribution is 6.30. The lowest BCUT2D eigenvalue weighted by atomic mass is 10.0. The Hall–Kier alpha value is -1.12. The number of benzene rings is 1. The molecule has 0 amide bonds. The molecule has 0 aromatic heterocycles. The Kier molecular flexibility index (Phi) is 2.57. The molecular formula is C14H13ClO2. The molecule has 1 aromatic carbocycles. The smallest absolute Gasteiger partial charge is 0.190 e. The maximum atomic E-state index is 12.0. The highest BCUT2D eigenvalue weighted by Gasteiger charge is 2.63. The quantitative estimate of drug-likeness (QED) is 0.607.